The van der Waals surface area contributed by atoms with Crippen LogP contribution in [-0.4, -0.2) is 46.8 Å². The second kappa shape index (κ2) is 7.12. The lowest BCUT2D eigenvalue weighted by molar-refractivity contribution is 0.0968. The predicted octanol–water partition coefficient (Wildman–Crippen LogP) is 4.16. The van der Waals surface area contributed by atoms with Gasteiger partial charge in [-0.25, -0.2) is 4.98 Å². The fourth-order valence-electron chi connectivity index (χ4n) is 3.88. The van der Waals surface area contributed by atoms with Crippen LogP contribution in [0.3, 0.4) is 0 Å². The fourth-order valence-corrected chi connectivity index (χ4v) is 4.03. The van der Waals surface area contributed by atoms with Crippen molar-refractivity contribution in [2.75, 3.05) is 19.4 Å². The Morgan fingerprint density at radius 1 is 1.15 bits per heavy atom. The number of carbonyl (C=O) groups is 1. The summed E-state index contributed by atoms with van der Waals surface area (Å²) in [7, 11) is 4.29. The molecule has 0 aromatic carbocycles. The normalized spacial score (nSPS) is 23.4. The number of rotatable bonds is 5. The van der Waals surface area contributed by atoms with E-state index in [2.05, 4.69) is 34.3 Å². The molecule has 2 aliphatic rings. The van der Waals surface area contributed by atoms with Crippen molar-refractivity contribution in [1.29, 1.82) is 0 Å². The molecule has 138 valence electrons. The highest BCUT2D eigenvalue weighted by Gasteiger charge is 2.33. The monoisotopic (exact) mass is 372 g/mol. The molecule has 0 bridgehead atoms. The summed E-state index contributed by atoms with van der Waals surface area (Å²) in [6.07, 6.45) is 8.17. The van der Waals surface area contributed by atoms with E-state index in [1.165, 1.54) is 0 Å². The highest BCUT2D eigenvalue weighted by atomic mass is 35.5. The largest absolute Gasteiger partial charge is 0.380 e. The molecule has 0 saturated heterocycles. The summed E-state index contributed by atoms with van der Waals surface area (Å²) in [5.41, 5.74) is 2.97. The lowest BCUT2D eigenvalue weighted by Gasteiger charge is -2.33. The molecule has 0 aliphatic heterocycles. The standard InChI is InChI=1S/C20H25ClN4O/c1-25(2)14-7-5-13(6-8-14)23-18-15(20(26)12-3-4-12)11-22-16-9-10-17(21)24-19(16)18/h9-14H,3-8H2,1-2H3,(H,22,23)/t13-,14-. The van der Waals surface area contributed by atoms with E-state index >= 15 is 0 Å². The van der Waals surface area contributed by atoms with Crippen LogP contribution in [0.25, 0.3) is 11.0 Å². The maximum absolute atomic E-state index is 12.8. The Labute approximate surface area is 159 Å². The number of ketones is 1. The van der Waals surface area contributed by atoms with Gasteiger partial charge in [0.05, 0.1) is 16.8 Å². The van der Waals surface area contributed by atoms with Crippen LogP contribution < -0.4 is 5.32 Å². The lowest BCUT2D eigenvalue weighted by Crippen LogP contribution is -2.36. The van der Waals surface area contributed by atoms with Gasteiger partial charge < -0.3 is 10.2 Å². The number of aromatic nitrogens is 2. The summed E-state index contributed by atoms with van der Waals surface area (Å²) in [4.78, 5) is 24.0. The minimum atomic E-state index is 0.151. The SMILES string of the molecule is CN(C)[C@H]1CC[C@H](Nc2c(C(=O)C3CC3)cnc3ccc(Cl)nc23)CC1. The van der Waals surface area contributed by atoms with Crippen LogP contribution in [0, 0.1) is 5.92 Å². The molecule has 2 aromatic rings. The van der Waals surface area contributed by atoms with Crippen molar-refractivity contribution in [2.45, 2.75) is 50.6 Å². The van der Waals surface area contributed by atoms with Crippen molar-refractivity contribution in [2.24, 2.45) is 5.92 Å². The van der Waals surface area contributed by atoms with Crippen molar-refractivity contribution in [3.05, 3.63) is 29.0 Å². The molecule has 2 heterocycles. The van der Waals surface area contributed by atoms with Crippen LogP contribution in [0.1, 0.15) is 48.9 Å². The minimum Gasteiger partial charge on any atom is -0.380 e. The lowest BCUT2D eigenvalue weighted by atomic mass is 9.90. The average Bonchev–Trinajstić information content (AvgIpc) is 3.47. The van der Waals surface area contributed by atoms with Crippen LogP contribution in [-0.2, 0) is 0 Å². The summed E-state index contributed by atoms with van der Waals surface area (Å²) < 4.78 is 0. The van der Waals surface area contributed by atoms with Crippen LogP contribution in [0.15, 0.2) is 18.3 Å². The zero-order valence-corrected chi connectivity index (χ0v) is 16.1. The zero-order chi connectivity index (χ0) is 18.3. The molecule has 0 unspecified atom stereocenters. The highest BCUT2D eigenvalue weighted by Crippen LogP contribution is 2.37. The third kappa shape index (κ3) is 3.55. The van der Waals surface area contributed by atoms with Crippen molar-refractivity contribution in [3.8, 4) is 0 Å². The molecule has 6 heteroatoms. The van der Waals surface area contributed by atoms with E-state index in [0.29, 0.717) is 28.3 Å². The van der Waals surface area contributed by atoms with Gasteiger partial charge in [-0.3, -0.25) is 9.78 Å². The molecule has 0 atom stereocenters. The van der Waals surface area contributed by atoms with Crippen molar-refractivity contribution < 1.29 is 4.79 Å². The third-order valence-electron chi connectivity index (χ3n) is 5.67. The maximum atomic E-state index is 12.8. The maximum Gasteiger partial charge on any atom is 0.169 e. The molecule has 1 N–H and O–H groups in total. The first-order valence-electron chi connectivity index (χ1n) is 9.45. The highest BCUT2D eigenvalue weighted by molar-refractivity contribution is 6.30. The van der Waals surface area contributed by atoms with E-state index in [4.69, 9.17) is 11.6 Å². The van der Waals surface area contributed by atoms with Gasteiger partial charge in [-0.15, -0.1) is 0 Å². The Balaban J connectivity index is 1.66. The molecule has 0 radical (unpaired) electrons. The first kappa shape index (κ1) is 17.7. The number of fused-ring (bicyclic) bond motifs is 1. The third-order valence-corrected chi connectivity index (χ3v) is 5.88. The molecule has 2 saturated carbocycles. The summed E-state index contributed by atoms with van der Waals surface area (Å²) in [5, 5.41) is 4.07. The molecule has 26 heavy (non-hydrogen) atoms. The summed E-state index contributed by atoms with van der Waals surface area (Å²) in [5.74, 6) is 0.337. The molecule has 5 nitrogen and oxygen atoms in total. The van der Waals surface area contributed by atoms with E-state index in [-0.39, 0.29) is 11.7 Å². The van der Waals surface area contributed by atoms with E-state index in [1.54, 1.807) is 12.3 Å². The topological polar surface area (TPSA) is 58.1 Å². The van der Waals surface area contributed by atoms with E-state index in [9.17, 15) is 4.79 Å². The van der Waals surface area contributed by atoms with Crippen molar-refractivity contribution in [3.63, 3.8) is 0 Å². The van der Waals surface area contributed by atoms with Gasteiger partial charge in [0, 0.05) is 24.2 Å². The van der Waals surface area contributed by atoms with Gasteiger partial charge in [0.25, 0.3) is 0 Å². The zero-order valence-electron chi connectivity index (χ0n) is 15.3. The smallest absolute Gasteiger partial charge is 0.169 e. The molecular weight excluding hydrogens is 348 g/mol. The fraction of sp³-hybridized carbons (Fsp3) is 0.550. The second-order valence-corrected chi connectivity index (χ2v) is 8.19. The van der Waals surface area contributed by atoms with E-state index in [1.807, 2.05) is 6.07 Å². The Morgan fingerprint density at radius 2 is 1.88 bits per heavy atom. The van der Waals surface area contributed by atoms with Gasteiger partial charge in [0.1, 0.15) is 10.7 Å². The van der Waals surface area contributed by atoms with Crippen molar-refractivity contribution in [1.82, 2.24) is 14.9 Å². The van der Waals surface area contributed by atoms with Crippen LogP contribution in [0.5, 0.6) is 0 Å². The summed E-state index contributed by atoms with van der Waals surface area (Å²) >= 11 is 6.14. The van der Waals surface area contributed by atoms with Crippen molar-refractivity contribution >= 4 is 34.1 Å². The first-order chi connectivity index (χ1) is 12.5. The Bertz CT molecular complexity index is 826. The van der Waals surface area contributed by atoms with Crippen LogP contribution in [0.4, 0.5) is 5.69 Å². The number of anilines is 1. The Hall–Kier alpha value is -1.72. The number of nitrogens with one attached hydrogen (secondary N) is 1. The molecule has 2 fully saturated rings. The van der Waals surface area contributed by atoms with Gasteiger partial charge in [0.2, 0.25) is 0 Å². The quantitative estimate of drug-likeness (QED) is 0.630. The van der Waals surface area contributed by atoms with Crippen LogP contribution >= 0.6 is 11.6 Å². The molecule has 2 aliphatic carbocycles. The van der Waals surface area contributed by atoms with E-state index in [0.717, 1.165) is 49.7 Å². The molecule has 0 amide bonds. The van der Waals surface area contributed by atoms with Gasteiger partial charge in [-0.2, -0.15) is 0 Å². The number of pyridine rings is 2. The molecule has 4 rings (SSSR count). The number of hydrogen-bond acceptors (Lipinski definition) is 5. The Morgan fingerprint density at radius 3 is 2.54 bits per heavy atom. The molecule has 2 aromatic heterocycles. The summed E-state index contributed by atoms with van der Waals surface area (Å²) in [6.45, 7) is 0. The molecular formula is C20H25ClN4O. The second-order valence-electron chi connectivity index (χ2n) is 7.80. The molecule has 0 spiro atoms. The number of carbonyl (C=O) groups excluding carboxylic acids is 1. The number of nitrogens with zero attached hydrogens (tertiary/aromatic N) is 3. The van der Waals surface area contributed by atoms with Gasteiger partial charge in [0.15, 0.2) is 5.78 Å². The average molecular weight is 373 g/mol. The Kier molecular flexibility index (Phi) is 4.84. The minimum absolute atomic E-state index is 0.151. The first-order valence-corrected chi connectivity index (χ1v) is 9.83. The number of halogens is 1. The number of Topliss-reactive ketones (excluding diaryl/α,β-unsaturated/α-hetero) is 1. The summed E-state index contributed by atoms with van der Waals surface area (Å²) in [6, 6.07) is 4.60. The van der Waals surface area contributed by atoms with Gasteiger partial charge >= 0.3 is 0 Å². The van der Waals surface area contributed by atoms with Crippen LogP contribution in [0.2, 0.25) is 5.15 Å². The van der Waals surface area contributed by atoms with Gasteiger partial charge in [-0.05, 0) is 64.8 Å². The van der Waals surface area contributed by atoms with Gasteiger partial charge in [-0.1, -0.05) is 11.6 Å². The van der Waals surface area contributed by atoms with E-state index < -0.39 is 0 Å². The number of hydrogen-bond donors (Lipinski definition) is 1. The predicted molar refractivity (Wildman–Crippen MR) is 105 cm³/mol.